The zero-order chi connectivity index (χ0) is 12.8. The summed E-state index contributed by atoms with van der Waals surface area (Å²) in [5, 5.41) is 0. The number of carbonyl (C=O) groups is 1. The van der Waals surface area contributed by atoms with Gasteiger partial charge >= 0.3 is 0 Å². The number of carbonyl (C=O) groups excluding carboxylic acids is 1. The fourth-order valence-corrected chi connectivity index (χ4v) is 1.65. The quantitative estimate of drug-likeness (QED) is 0.759. The summed E-state index contributed by atoms with van der Waals surface area (Å²) in [4.78, 5) is 13.8. The first-order chi connectivity index (χ1) is 8.10. The van der Waals surface area contributed by atoms with Gasteiger partial charge in [-0.15, -0.1) is 0 Å². The van der Waals surface area contributed by atoms with Gasteiger partial charge in [0.15, 0.2) is 5.78 Å². The Hall–Kier alpha value is -1.51. The van der Waals surface area contributed by atoms with E-state index in [0.29, 0.717) is 6.54 Å². The number of ether oxygens (including phenoxy) is 1. The lowest BCUT2D eigenvalue weighted by atomic mass is 10.0. The maximum Gasteiger partial charge on any atom is 0.154 e. The molecule has 0 heterocycles. The lowest BCUT2D eigenvalue weighted by molar-refractivity contribution is -0.121. The molecule has 0 amide bonds. The molecule has 0 N–H and O–H groups in total. The van der Waals surface area contributed by atoms with E-state index < -0.39 is 0 Å². The van der Waals surface area contributed by atoms with Gasteiger partial charge in [-0.2, -0.15) is 0 Å². The van der Waals surface area contributed by atoms with Crippen molar-refractivity contribution in [3.63, 3.8) is 0 Å². The number of rotatable bonds is 6. The standard InChI is InChI=1S/C14H21NO2/c1-5-11(2)13(16)10-15(3)12-8-6-7-9-14(12)17-4/h6-9,11H,5,10H2,1-4H3. The van der Waals surface area contributed by atoms with Gasteiger partial charge in [-0.3, -0.25) is 4.79 Å². The average Bonchev–Trinajstić information content (AvgIpc) is 2.37. The van der Waals surface area contributed by atoms with Crippen LogP contribution in [0.25, 0.3) is 0 Å². The van der Waals surface area contributed by atoms with Gasteiger partial charge in [-0.25, -0.2) is 0 Å². The van der Waals surface area contributed by atoms with Gasteiger partial charge in [0, 0.05) is 13.0 Å². The molecule has 1 aromatic carbocycles. The summed E-state index contributed by atoms with van der Waals surface area (Å²) < 4.78 is 5.28. The second kappa shape index (κ2) is 6.28. The molecule has 1 unspecified atom stereocenters. The molecule has 0 aromatic heterocycles. The van der Waals surface area contributed by atoms with Crippen LogP contribution in [0.4, 0.5) is 5.69 Å². The molecule has 3 heteroatoms. The maximum atomic E-state index is 11.9. The van der Waals surface area contributed by atoms with Crippen LogP contribution >= 0.6 is 0 Å². The monoisotopic (exact) mass is 235 g/mol. The Kier molecular flexibility index (Phi) is 5.01. The number of nitrogens with zero attached hydrogens (tertiary/aromatic N) is 1. The number of Topliss-reactive ketones (excluding diaryl/α,β-unsaturated/α-hetero) is 1. The first kappa shape index (κ1) is 13.6. The van der Waals surface area contributed by atoms with Crippen LogP contribution in [0.2, 0.25) is 0 Å². The number of hydrogen-bond donors (Lipinski definition) is 0. The molecule has 0 bridgehead atoms. The molecule has 0 saturated carbocycles. The highest BCUT2D eigenvalue weighted by Crippen LogP contribution is 2.26. The number of anilines is 1. The molecular weight excluding hydrogens is 214 g/mol. The first-order valence-electron chi connectivity index (χ1n) is 5.97. The van der Waals surface area contributed by atoms with Gasteiger partial charge < -0.3 is 9.64 Å². The van der Waals surface area contributed by atoms with Crippen molar-refractivity contribution in [2.45, 2.75) is 20.3 Å². The van der Waals surface area contributed by atoms with Crippen molar-refractivity contribution in [3.05, 3.63) is 24.3 Å². The minimum Gasteiger partial charge on any atom is -0.495 e. The maximum absolute atomic E-state index is 11.9. The van der Waals surface area contributed by atoms with Crippen molar-refractivity contribution in [1.29, 1.82) is 0 Å². The number of benzene rings is 1. The van der Waals surface area contributed by atoms with E-state index in [2.05, 4.69) is 0 Å². The highest BCUT2D eigenvalue weighted by Gasteiger charge is 2.15. The fourth-order valence-electron chi connectivity index (χ4n) is 1.65. The Balaban J connectivity index is 2.76. The Morgan fingerprint density at radius 3 is 2.65 bits per heavy atom. The summed E-state index contributed by atoms with van der Waals surface area (Å²) in [5.74, 6) is 1.18. The van der Waals surface area contributed by atoms with Crippen LogP contribution in [0, 0.1) is 5.92 Å². The van der Waals surface area contributed by atoms with Crippen molar-refractivity contribution in [2.24, 2.45) is 5.92 Å². The lowest BCUT2D eigenvalue weighted by Crippen LogP contribution is -2.29. The fraction of sp³-hybridized carbons (Fsp3) is 0.500. The number of ketones is 1. The Morgan fingerprint density at radius 1 is 1.41 bits per heavy atom. The van der Waals surface area contributed by atoms with Crippen LogP contribution in [-0.4, -0.2) is 26.5 Å². The number of likely N-dealkylation sites (N-methyl/N-ethyl adjacent to an activating group) is 1. The molecule has 0 aliphatic heterocycles. The third-order valence-corrected chi connectivity index (χ3v) is 3.05. The molecule has 1 rings (SSSR count). The molecule has 17 heavy (non-hydrogen) atoms. The predicted molar refractivity (Wildman–Crippen MR) is 70.7 cm³/mol. The molecule has 1 aromatic rings. The van der Waals surface area contributed by atoms with Crippen LogP contribution in [-0.2, 0) is 4.79 Å². The second-order valence-corrected chi connectivity index (χ2v) is 4.30. The van der Waals surface area contributed by atoms with Gasteiger partial charge in [0.25, 0.3) is 0 Å². The Morgan fingerprint density at radius 2 is 2.06 bits per heavy atom. The molecule has 0 saturated heterocycles. The summed E-state index contributed by atoms with van der Waals surface area (Å²) in [6.07, 6.45) is 0.887. The molecule has 0 aliphatic rings. The summed E-state index contributed by atoms with van der Waals surface area (Å²) in [6.45, 7) is 4.43. The molecule has 0 aliphatic carbocycles. The SMILES string of the molecule is CCC(C)C(=O)CN(C)c1ccccc1OC. The van der Waals surface area contributed by atoms with E-state index in [0.717, 1.165) is 17.9 Å². The summed E-state index contributed by atoms with van der Waals surface area (Å²) in [5.41, 5.74) is 0.951. The number of methoxy groups -OCH3 is 1. The molecule has 1 atom stereocenters. The normalized spacial score (nSPS) is 12.0. The first-order valence-corrected chi connectivity index (χ1v) is 5.97. The Labute approximate surface area is 103 Å². The van der Waals surface area contributed by atoms with Gasteiger partial charge in [-0.05, 0) is 18.6 Å². The van der Waals surface area contributed by atoms with Crippen LogP contribution in [0.5, 0.6) is 5.75 Å². The van der Waals surface area contributed by atoms with E-state index in [9.17, 15) is 4.79 Å². The Bertz CT molecular complexity index is 376. The van der Waals surface area contributed by atoms with Crippen LogP contribution in [0.3, 0.4) is 0 Å². The topological polar surface area (TPSA) is 29.5 Å². The molecular formula is C14H21NO2. The van der Waals surface area contributed by atoms with E-state index in [-0.39, 0.29) is 11.7 Å². The predicted octanol–water partition coefficient (Wildman–Crippen LogP) is 2.75. The minimum atomic E-state index is 0.118. The molecule has 94 valence electrons. The molecule has 0 fully saturated rings. The van der Waals surface area contributed by atoms with Crippen molar-refractivity contribution in [1.82, 2.24) is 0 Å². The van der Waals surface area contributed by atoms with Gasteiger partial charge in [0.05, 0.1) is 19.3 Å². The third kappa shape index (κ3) is 3.48. The third-order valence-electron chi connectivity index (χ3n) is 3.05. The largest absolute Gasteiger partial charge is 0.495 e. The van der Waals surface area contributed by atoms with Gasteiger partial charge in [0.2, 0.25) is 0 Å². The van der Waals surface area contributed by atoms with E-state index in [1.165, 1.54) is 0 Å². The van der Waals surface area contributed by atoms with Crippen molar-refractivity contribution in [3.8, 4) is 5.75 Å². The number of hydrogen-bond acceptors (Lipinski definition) is 3. The molecule has 0 radical (unpaired) electrons. The summed E-state index contributed by atoms with van der Waals surface area (Å²) in [6, 6.07) is 7.73. The van der Waals surface area contributed by atoms with Crippen molar-refractivity contribution >= 4 is 11.5 Å². The molecule has 3 nitrogen and oxygen atoms in total. The zero-order valence-electron chi connectivity index (χ0n) is 11.1. The van der Waals surface area contributed by atoms with E-state index in [1.54, 1.807) is 7.11 Å². The van der Waals surface area contributed by atoms with Gasteiger partial charge in [0.1, 0.15) is 5.75 Å². The zero-order valence-corrected chi connectivity index (χ0v) is 11.1. The second-order valence-electron chi connectivity index (χ2n) is 4.30. The van der Waals surface area contributed by atoms with E-state index in [1.807, 2.05) is 50.1 Å². The average molecular weight is 235 g/mol. The van der Waals surface area contributed by atoms with E-state index >= 15 is 0 Å². The highest BCUT2D eigenvalue weighted by atomic mass is 16.5. The van der Waals surface area contributed by atoms with Crippen molar-refractivity contribution in [2.75, 3.05) is 25.6 Å². The summed E-state index contributed by atoms with van der Waals surface area (Å²) >= 11 is 0. The number of para-hydroxylation sites is 2. The van der Waals surface area contributed by atoms with Crippen LogP contribution in [0.15, 0.2) is 24.3 Å². The van der Waals surface area contributed by atoms with Gasteiger partial charge in [-0.1, -0.05) is 26.0 Å². The lowest BCUT2D eigenvalue weighted by Gasteiger charge is -2.22. The molecule has 0 spiro atoms. The highest BCUT2D eigenvalue weighted by molar-refractivity contribution is 5.85. The smallest absolute Gasteiger partial charge is 0.154 e. The van der Waals surface area contributed by atoms with Crippen LogP contribution in [0.1, 0.15) is 20.3 Å². The minimum absolute atomic E-state index is 0.118. The van der Waals surface area contributed by atoms with E-state index in [4.69, 9.17) is 4.74 Å². The van der Waals surface area contributed by atoms with Crippen LogP contribution < -0.4 is 9.64 Å². The summed E-state index contributed by atoms with van der Waals surface area (Å²) in [7, 11) is 3.56. The van der Waals surface area contributed by atoms with Crippen molar-refractivity contribution < 1.29 is 9.53 Å².